The van der Waals surface area contributed by atoms with E-state index in [1.54, 1.807) is 12.1 Å². The Bertz CT molecular complexity index is 583. The summed E-state index contributed by atoms with van der Waals surface area (Å²) in [7, 11) is 3.39. The number of rotatable bonds is 5. The van der Waals surface area contributed by atoms with Crippen molar-refractivity contribution in [3.63, 3.8) is 0 Å². The minimum Gasteiger partial charge on any atom is -0.465 e. The lowest BCUT2D eigenvalue weighted by Gasteiger charge is -2.15. The maximum absolute atomic E-state index is 11.3. The van der Waals surface area contributed by atoms with Crippen molar-refractivity contribution in [3.8, 4) is 0 Å². The number of ether oxygens (including phenoxy) is 1. The lowest BCUT2D eigenvalue weighted by molar-refractivity contribution is 0.0600. The minimum atomic E-state index is -0.318. The number of methoxy groups -OCH3 is 1. The number of hydrogen-bond acceptors (Lipinski definition) is 5. The van der Waals surface area contributed by atoms with E-state index in [1.807, 2.05) is 24.6 Å². The molecule has 0 aliphatic carbocycles. The quantitative estimate of drug-likeness (QED) is 0.795. The highest BCUT2D eigenvalue weighted by Gasteiger charge is 2.07. The molecule has 0 N–H and O–H groups in total. The lowest BCUT2D eigenvalue weighted by Crippen LogP contribution is -2.17. The molecule has 0 aliphatic rings. The van der Waals surface area contributed by atoms with Gasteiger partial charge >= 0.3 is 5.97 Å². The Balaban J connectivity index is 1.94. The Kier molecular flexibility index (Phi) is 5.11. The SMILES string of the molecule is COC(=O)c1ccc(CN(C)Cc2csc(Cl)n2)cc1. The zero-order chi connectivity index (χ0) is 14.5. The van der Waals surface area contributed by atoms with Crippen LogP contribution in [0.1, 0.15) is 21.6 Å². The number of aromatic nitrogens is 1. The van der Waals surface area contributed by atoms with Crippen molar-refractivity contribution in [2.45, 2.75) is 13.1 Å². The van der Waals surface area contributed by atoms with E-state index in [2.05, 4.69) is 14.6 Å². The van der Waals surface area contributed by atoms with Crippen molar-refractivity contribution in [2.24, 2.45) is 0 Å². The van der Waals surface area contributed by atoms with Crippen molar-refractivity contribution in [2.75, 3.05) is 14.2 Å². The Morgan fingerprint density at radius 3 is 2.60 bits per heavy atom. The number of thiazole rings is 1. The average molecular weight is 311 g/mol. The van der Waals surface area contributed by atoms with Crippen LogP contribution in [0.15, 0.2) is 29.6 Å². The molecule has 0 amide bonds. The topological polar surface area (TPSA) is 42.4 Å². The van der Waals surface area contributed by atoms with Crippen LogP contribution in [0.25, 0.3) is 0 Å². The first-order chi connectivity index (χ1) is 9.58. The van der Waals surface area contributed by atoms with Gasteiger partial charge in [0.05, 0.1) is 18.4 Å². The molecule has 0 atom stereocenters. The van der Waals surface area contributed by atoms with E-state index in [9.17, 15) is 4.79 Å². The van der Waals surface area contributed by atoms with E-state index >= 15 is 0 Å². The highest BCUT2D eigenvalue weighted by atomic mass is 35.5. The van der Waals surface area contributed by atoms with Crippen LogP contribution in [0.5, 0.6) is 0 Å². The summed E-state index contributed by atoms with van der Waals surface area (Å²) in [4.78, 5) is 17.7. The summed E-state index contributed by atoms with van der Waals surface area (Å²) in [5, 5.41) is 1.96. The van der Waals surface area contributed by atoms with E-state index < -0.39 is 0 Å². The van der Waals surface area contributed by atoms with Gasteiger partial charge in [-0.25, -0.2) is 9.78 Å². The summed E-state index contributed by atoms with van der Waals surface area (Å²) >= 11 is 7.25. The van der Waals surface area contributed by atoms with Crippen molar-refractivity contribution < 1.29 is 9.53 Å². The molecule has 2 aromatic rings. The second-order valence-corrected chi connectivity index (χ2v) is 5.89. The molecule has 1 aromatic carbocycles. The zero-order valence-corrected chi connectivity index (χ0v) is 12.9. The van der Waals surface area contributed by atoms with E-state index in [1.165, 1.54) is 18.4 Å². The standard InChI is InChI=1S/C14H15ClN2O2S/c1-17(8-12-9-20-14(15)16-12)7-10-3-5-11(6-4-10)13(18)19-2/h3-6,9H,7-8H2,1-2H3. The van der Waals surface area contributed by atoms with Crippen molar-refractivity contribution in [3.05, 3.63) is 50.9 Å². The molecule has 0 aliphatic heterocycles. The van der Waals surface area contributed by atoms with Gasteiger partial charge in [0, 0.05) is 18.5 Å². The predicted molar refractivity (Wildman–Crippen MR) is 80.1 cm³/mol. The molecule has 4 nitrogen and oxygen atoms in total. The summed E-state index contributed by atoms with van der Waals surface area (Å²) in [5.41, 5.74) is 2.65. The highest BCUT2D eigenvalue weighted by Crippen LogP contribution is 2.17. The van der Waals surface area contributed by atoms with Crippen LogP contribution in [0.2, 0.25) is 4.47 Å². The van der Waals surface area contributed by atoms with Crippen molar-refractivity contribution in [1.29, 1.82) is 0 Å². The maximum Gasteiger partial charge on any atom is 0.337 e. The Morgan fingerprint density at radius 1 is 1.35 bits per heavy atom. The molecule has 0 unspecified atom stereocenters. The largest absolute Gasteiger partial charge is 0.465 e. The molecular formula is C14H15ClN2O2S. The molecule has 2 rings (SSSR count). The summed E-state index contributed by atoms with van der Waals surface area (Å²) in [6, 6.07) is 7.40. The molecule has 0 spiro atoms. The summed E-state index contributed by atoms with van der Waals surface area (Å²) < 4.78 is 5.24. The van der Waals surface area contributed by atoms with Crippen molar-refractivity contribution >= 4 is 28.9 Å². The molecule has 0 bridgehead atoms. The number of hydrogen-bond donors (Lipinski definition) is 0. The third-order valence-electron chi connectivity index (χ3n) is 2.78. The third-order valence-corrected chi connectivity index (χ3v) is 3.81. The van der Waals surface area contributed by atoms with Gasteiger partial charge < -0.3 is 4.74 Å². The van der Waals surface area contributed by atoms with E-state index in [-0.39, 0.29) is 5.97 Å². The second-order valence-electron chi connectivity index (χ2n) is 4.45. The van der Waals surface area contributed by atoms with Crippen LogP contribution >= 0.6 is 22.9 Å². The molecule has 0 fully saturated rings. The summed E-state index contributed by atoms with van der Waals surface area (Å²) in [5.74, 6) is -0.318. The molecular weight excluding hydrogens is 296 g/mol. The number of halogens is 1. The number of carbonyl (C=O) groups is 1. The molecule has 0 saturated heterocycles. The van der Waals surface area contributed by atoms with E-state index in [0.717, 1.165) is 24.3 Å². The van der Waals surface area contributed by atoms with Gasteiger partial charge in [-0.05, 0) is 24.7 Å². The van der Waals surface area contributed by atoms with Gasteiger partial charge in [0.15, 0.2) is 4.47 Å². The van der Waals surface area contributed by atoms with Crippen LogP contribution in [0.3, 0.4) is 0 Å². The van der Waals surface area contributed by atoms with Crippen LogP contribution in [-0.4, -0.2) is 30.0 Å². The van der Waals surface area contributed by atoms with Gasteiger partial charge in [-0.15, -0.1) is 11.3 Å². The Hall–Kier alpha value is -1.43. The van der Waals surface area contributed by atoms with E-state index in [4.69, 9.17) is 11.6 Å². The monoisotopic (exact) mass is 310 g/mol. The number of carbonyl (C=O) groups excluding carboxylic acids is 1. The molecule has 0 radical (unpaired) electrons. The first-order valence-corrected chi connectivity index (χ1v) is 7.30. The number of nitrogens with zero attached hydrogens (tertiary/aromatic N) is 2. The smallest absolute Gasteiger partial charge is 0.337 e. The van der Waals surface area contributed by atoms with Gasteiger partial charge in [-0.2, -0.15) is 0 Å². The van der Waals surface area contributed by atoms with Crippen LogP contribution < -0.4 is 0 Å². The number of esters is 1. The fourth-order valence-electron chi connectivity index (χ4n) is 1.86. The molecule has 1 aromatic heterocycles. The van der Waals surface area contributed by atoms with Gasteiger partial charge in [0.2, 0.25) is 0 Å². The molecule has 1 heterocycles. The van der Waals surface area contributed by atoms with Crippen molar-refractivity contribution in [1.82, 2.24) is 9.88 Å². The van der Waals surface area contributed by atoms with Crippen LogP contribution in [0.4, 0.5) is 0 Å². The lowest BCUT2D eigenvalue weighted by atomic mass is 10.1. The third kappa shape index (κ3) is 4.03. The predicted octanol–water partition coefficient (Wildman–Crippen LogP) is 3.22. The zero-order valence-electron chi connectivity index (χ0n) is 11.3. The fourth-order valence-corrected chi connectivity index (χ4v) is 2.64. The molecule has 20 heavy (non-hydrogen) atoms. The van der Waals surface area contributed by atoms with Gasteiger partial charge in [-0.3, -0.25) is 4.90 Å². The minimum absolute atomic E-state index is 0.318. The normalized spacial score (nSPS) is 10.8. The Morgan fingerprint density at radius 2 is 2.05 bits per heavy atom. The number of benzene rings is 1. The van der Waals surface area contributed by atoms with Crippen LogP contribution in [0, 0.1) is 0 Å². The average Bonchev–Trinajstić information content (AvgIpc) is 2.84. The molecule has 0 saturated carbocycles. The van der Waals surface area contributed by atoms with Gasteiger partial charge in [0.1, 0.15) is 0 Å². The molecule has 106 valence electrons. The molecule has 6 heteroatoms. The van der Waals surface area contributed by atoms with Gasteiger partial charge in [-0.1, -0.05) is 23.7 Å². The first kappa shape index (κ1) is 15.0. The van der Waals surface area contributed by atoms with Crippen LogP contribution in [-0.2, 0) is 17.8 Å². The summed E-state index contributed by atoms with van der Waals surface area (Å²) in [6.45, 7) is 1.51. The van der Waals surface area contributed by atoms with E-state index in [0.29, 0.717) is 10.0 Å². The maximum atomic E-state index is 11.3. The summed E-state index contributed by atoms with van der Waals surface area (Å²) in [6.07, 6.45) is 0. The highest BCUT2D eigenvalue weighted by molar-refractivity contribution is 7.13. The fraction of sp³-hybridized carbons (Fsp3) is 0.286. The first-order valence-electron chi connectivity index (χ1n) is 6.04. The second kappa shape index (κ2) is 6.83. The van der Waals surface area contributed by atoms with Gasteiger partial charge in [0.25, 0.3) is 0 Å². The Labute approximate surface area is 127 Å².